The highest BCUT2D eigenvalue weighted by Crippen LogP contribution is 2.35. The Morgan fingerprint density at radius 1 is 0.773 bits per heavy atom. The number of hydrogen-bond donors (Lipinski definition) is 1. The fourth-order valence-corrected chi connectivity index (χ4v) is 3.74. The normalized spacial score (nSPS) is 18.8. The summed E-state index contributed by atoms with van der Waals surface area (Å²) < 4.78 is 0. The van der Waals surface area contributed by atoms with Crippen molar-refractivity contribution < 1.29 is 0 Å². The van der Waals surface area contributed by atoms with E-state index in [1.165, 1.54) is 43.2 Å². The van der Waals surface area contributed by atoms with Crippen molar-refractivity contribution in [3.05, 3.63) is 71.8 Å². The standard InChI is InChI=1S/C21H27N/c1-17(18-11-5-2-6-12-18)22-21(19-13-7-3-8-14-19)20-15-9-4-10-16-20/h2-3,5-8,11-14,17,20-22H,4,9-10,15-16H2,1H3/t17-,21+/m0/s1. The van der Waals surface area contributed by atoms with Crippen LogP contribution in [0.1, 0.15) is 62.2 Å². The van der Waals surface area contributed by atoms with E-state index in [2.05, 4.69) is 72.9 Å². The van der Waals surface area contributed by atoms with Gasteiger partial charge in [0.05, 0.1) is 0 Å². The van der Waals surface area contributed by atoms with Gasteiger partial charge in [0.2, 0.25) is 0 Å². The van der Waals surface area contributed by atoms with Gasteiger partial charge in [0.25, 0.3) is 0 Å². The summed E-state index contributed by atoms with van der Waals surface area (Å²) in [5.41, 5.74) is 2.82. The van der Waals surface area contributed by atoms with E-state index in [4.69, 9.17) is 0 Å². The number of nitrogens with one attached hydrogen (secondary N) is 1. The zero-order valence-corrected chi connectivity index (χ0v) is 13.5. The Hall–Kier alpha value is -1.60. The molecule has 2 aromatic carbocycles. The van der Waals surface area contributed by atoms with Crippen molar-refractivity contribution in [1.82, 2.24) is 5.32 Å². The summed E-state index contributed by atoms with van der Waals surface area (Å²) >= 11 is 0. The predicted octanol–water partition coefficient (Wildman–Crippen LogP) is 5.66. The van der Waals surface area contributed by atoms with Crippen LogP contribution in [0.5, 0.6) is 0 Å². The molecule has 0 spiro atoms. The lowest BCUT2D eigenvalue weighted by Gasteiger charge is -2.33. The molecule has 0 amide bonds. The number of hydrogen-bond acceptors (Lipinski definition) is 1. The molecule has 1 N–H and O–H groups in total. The monoisotopic (exact) mass is 293 g/mol. The van der Waals surface area contributed by atoms with Crippen LogP contribution in [0.2, 0.25) is 0 Å². The fourth-order valence-electron chi connectivity index (χ4n) is 3.74. The van der Waals surface area contributed by atoms with Crippen LogP contribution >= 0.6 is 0 Å². The molecule has 1 nitrogen and oxygen atoms in total. The van der Waals surface area contributed by atoms with Crippen LogP contribution in [0.4, 0.5) is 0 Å². The van der Waals surface area contributed by atoms with E-state index >= 15 is 0 Å². The zero-order chi connectivity index (χ0) is 15.2. The van der Waals surface area contributed by atoms with Crippen molar-refractivity contribution in [1.29, 1.82) is 0 Å². The second-order valence-corrected chi connectivity index (χ2v) is 6.59. The van der Waals surface area contributed by atoms with Crippen LogP contribution in [-0.4, -0.2) is 0 Å². The van der Waals surface area contributed by atoms with Gasteiger partial charge in [0.15, 0.2) is 0 Å². The molecule has 0 bridgehead atoms. The molecule has 0 saturated heterocycles. The summed E-state index contributed by atoms with van der Waals surface area (Å²) in [6.07, 6.45) is 6.89. The van der Waals surface area contributed by atoms with Crippen LogP contribution < -0.4 is 5.32 Å². The fraction of sp³-hybridized carbons (Fsp3) is 0.429. The van der Waals surface area contributed by atoms with E-state index in [9.17, 15) is 0 Å². The van der Waals surface area contributed by atoms with Gasteiger partial charge in [-0.3, -0.25) is 0 Å². The van der Waals surface area contributed by atoms with Gasteiger partial charge in [0, 0.05) is 12.1 Å². The molecule has 116 valence electrons. The first-order chi connectivity index (χ1) is 10.8. The topological polar surface area (TPSA) is 12.0 Å². The number of benzene rings is 2. The van der Waals surface area contributed by atoms with Crippen LogP contribution in [0.25, 0.3) is 0 Å². The van der Waals surface area contributed by atoms with Gasteiger partial charge in [-0.2, -0.15) is 0 Å². The molecule has 22 heavy (non-hydrogen) atoms. The van der Waals surface area contributed by atoms with Crippen molar-refractivity contribution >= 4 is 0 Å². The van der Waals surface area contributed by atoms with Gasteiger partial charge in [-0.25, -0.2) is 0 Å². The van der Waals surface area contributed by atoms with Gasteiger partial charge in [0.1, 0.15) is 0 Å². The first kappa shape index (κ1) is 15.3. The third-order valence-corrected chi connectivity index (χ3v) is 5.01. The van der Waals surface area contributed by atoms with Gasteiger partial charge in [-0.1, -0.05) is 79.9 Å². The van der Waals surface area contributed by atoms with Gasteiger partial charge in [-0.15, -0.1) is 0 Å². The second-order valence-electron chi connectivity index (χ2n) is 6.59. The molecule has 1 aliphatic rings. The maximum Gasteiger partial charge on any atom is 0.0353 e. The molecule has 1 saturated carbocycles. The summed E-state index contributed by atoms with van der Waals surface area (Å²) in [5, 5.41) is 3.92. The predicted molar refractivity (Wildman–Crippen MR) is 93.8 cm³/mol. The average molecular weight is 293 g/mol. The van der Waals surface area contributed by atoms with Crippen LogP contribution in [-0.2, 0) is 0 Å². The Labute approximate surface area is 134 Å². The summed E-state index contributed by atoms with van der Waals surface area (Å²) in [5.74, 6) is 0.766. The lowest BCUT2D eigenvalue weighted by atomic mass is 9.80. The Morgan fingerprint density at radius 3 is 1.91 bits per heavy atom. The van der Waals surface area contributed by atoms with E-state index in [-0.39, 0.29) is 0 Å². The Bertz CT molecular complexity index is 543. The maximum absolute atomic E-state index is 3.92. The van der Waals surface area contributed by atoms with Crippen molar-refractivity contribution in [2.24, 2.45) is 5.92 Å². The molecule has 0 aliphatic heterocycles. The third-order valence-electron chi connectivity index (χ3n) is 5.01. The molecule has 1 fully saturated rings. The first-order valence-electron chi connectivity index (χ1n) is 8.70. The molecule has 3 rings (SSSR count). The smallest absolute Gasteiger partial charge is 0.0353 e. The summed E-state index contributed by atoms with van der Waals surface area (Å²) in [7, 11) is 0. The average Bonchev–Trinajstić information content (AvgIpc) is 2.62. The lowest BCUT2D eigenvalue weighted by Crippen LogP contribution is -2.31. The molecule has 1 heteroatoms. The Morgan fingerprint density at radius 2 is 1.32 bits per heavy atom. The van der Waals surface area contributed by atoms with Crippen molar-refractivity contribution in [2.75, 3.05) is 0 Å². The van der Waals surface area contributed by atoms with E-state index in [1.54, 1.807) is 0 Å². The van der Waals surface area contributed by atoms with E-state index in [0.717, 1.165) is 5.92 Å². The summed E-state index contributed by atoms with van der Waals surface area (Å²) in [4.78, 5) is 0. The highest BCUT2D eigenvalue weighted by Gasteiger charge is 2.26. The highest BCUT2D eigenvalue weighted by atomic mass is 15.0. The van der Waals surface area contributed by atoms with Crippen LogP contribution in [0.15, 0.2) is 60.7 Å². The van der Waals surface area contributed by atoms with E-state index in [1.807, 2.05) is 0 Å². The van der Waals surface area contributed by atoms with Gasteiger partial charge < -0.3 is 5.32 Å². The lowest BCUT2D eigenvalue weighted by molar-refractivity contribution is 0.257. The Balaban J connectivity index is 1.79. The molecule has 0 radical (unpaired) electrons. The largest absolute Gasteiger partial charge is 0.303 e. The van der Waals surface area contributed by atoms with Gasteiger partial charge >= 0.3 is 0 Å². The minimum absolute atomic E-state index is 0.383. The molecule has 2 atom stereocenters. The SMILES string of the molecule is C[C@H](N[C@H](c1ccccc1)C1CCCCC1)c1ccccc1. The van der Waals surface area contributed by atoms with Crippen molar-refractivity contribution in [3.63, 3.8) is 0 Å². The molecular weight excluding hydrogens is 266 g/mol. The molecule has 0 heterocycles. The molecule has 2 aromatic rings. The minimum atomic E-state index is 0.383. The first-order valence-corrected chi connectivity index (χ1v) is 8.70. The quantitative estimate of drug-likeness (QED) is 0.750. The molecule has 0 unspecified atom stereocenters. The molecule has 1 aliphatic carbocycles. The molecular formula is C21H27N. The summed E-state index contributed by atoms with van der Waals surface area (Å²) in [6, 6.07) is 22.7. The van der Waals surface area contributed by atoms with E-state index < -0.39 is 0 Å². The van der Waals surface area contributed by atoms with Crippen LogP contribution in [0, 0.1) is 5.92 Å². The maximum atomic E-state index is 3.92. The summed E-state index contributed by atoms with van der Waals surface area (Å²) in [6.45, 7) is 2.29. The minimum Gasteiger partial charge on any atom is -0.303 e. The van der Waals surface area contributed by atoms with E-state index in [0.29, 0.717) is 12.1 Å². The van der Waals surface area contributed by atoms with Gasteiger partial charge in [-0.05, 0) is 36.8 Å². The molecule has 0 aromatic heterocycles. The van der Waals surface area contributed by atoms with Crippen molar-refractivity contribution in [2.45, 2.75) is 51.1 Å². The number of rotatable bonds is 5. The van der Waals surface area contributed by atoms with Crippen molar-refractivity contribution in [3.8, 4) is 0 Å². The highest BCUT2D eigenvalue weighted by molar-refractivity contribution is 5.23. The third kappa shape index (κ3) is 3.78. The zero-order valence-electron chi connectivity index (χ0n) is 13.5. The second kappa shape index (κ2) is 7.60. The Kier molecular flexibility index (Phi) is 5.29. The van der Waals surface area contributed by atoms with Crippen LogP contribution in [0.3, 0.4) is 0 Å².